The van der Waals surface area contributed by atoms with E-state index in [1.807, 2.05) is 12.1 Å². The molecule has 1 fully saturated rings. The van der Waals surface area contributed by atoms with Crippen LogP contribution >= 0.6 is 0 Å². The summed E-state index contributed by atoms with van der Waals surface area (Å²) in [7, 11) is 1.75. The fourth-order valence-electron chi connectivity index (χ4n) is 3.19. The predicted octanol–water partition coefficient (Wildman–Crippen LogP) is 2.28. The molecule has 0 unspecified atom stereocenters. The van der Waals surface area contributed by atoms with E-state index in [-0.39, 0.29) is 5.82 Å². The predicted molar refractivity (Wildman–Crippen MR) is 105 cm³/mol. The number of halogens is 1. The molecule has 1 heterocycles. The normalized spacial score (nSPS) is 16.7. The number of piperidine rings is 1. The smallest absolute Gasteiger partial charge is 0.191 e. The number of methoxy groups -OCH3 is 1. The first-order chi connectivity index (χ1) is 12.7. The number of likely N-dealkylation sites (tertiary alicyclic amines) is 1. The average molecular weight is 365 g/mol. The average Bonchev–Trinajstić information content (AvgIpc) is 2.67. The van der Waals surface area contributed by atoms with Crippen molar-refractivity contribution in [3.8, 4) is 0 Å². The van der Waals surface area contributed by atoms with Gasteiger partial charge in [0.15, 0.2) is 5.96 Å². The van der Waals surface area contributed by atoms with Crippen molar-refractivity contribution in [3.05, 3.63) is 35.6 Å². The molecule has 0 aliphatic carbocycles. The topological polar surface area (TPSA) is 48.9 Å². The lowest BCUT2D eigenvalue weighted by molar-refractivity contribution is 0.121. The number of guanidine groups is 1. The van der Waals surface area contributed by atoms with E-state index in [0.29, 0.717) is 18.9 Å². The molecule has 0 aromatic heterocycles. The number of nitrogens with one attached hydrogen (secondary N) is 2. The summed E-state index contributed by atoms with van der Waals surface area (Å²) in [5.41, 5.74) is 0.735. The Kier molecular flexibility index (Phi) is 9.42. The molecule has 6 heteroatoms. The number of aliphatic imine (C=N–C) groups is 1. The van der Waals surface area contributed by atoms with Gasteiger partial charge in [-0.3, -0.25) is 4.99 Å². The molecule has 0 amide bonds. The number of ether oxygens (including phenoxy) is 1. The summed E-state index contributed by atoms with van der Waals surface area (Å²) in [6, 6.07) is 6.93. The number of nitrogens with zero attached hydrogens (tertiary/aromatic N) is 2. The zero-order chi connectivity index (χ0) is 18.6. The molecule has 2 N–H and O–H groups in total. The number of benzene rings is 1. The van der Waals surface area contributed by atoms with Gasteiger partial charge in [0.25, 0.3) is 0 Å². The van der Waals surface area contributed by atoms with Gasteiger partial charge in [-0.25, -0.2) is 4.39 Å². The van der Waals surface area contributed by atoms with Gasteiger partial charge in [0.1, 0.15) is 5.82 Å². The lowest BCUT2D eigenvalue weighted by atomic mass is 9.97. The Morgan fingerprint density at radius 2 is 2.04 bits per heavy atom. The fourth-order valence-corrected chi connectivity index (χ4v) is 3.19. The molecular weight excluding hydrogens is 331 g/mol. The molecule has 1 aliphatic rings. The first kappa shape index (κ1) is 20.6. The minimum absolute atomic E-state index is 0.142. The molecule has 5 nitrogen and oxygen atoms in total. The lowest BCUT2D eigenvalue weighted by Gasteiger charge is -2.31. The molecule has 146 valence electrons. The van der Waals surface area contributed by atoms with Gasteiger partial charge in [-0.15, -0.1) is 0 Å². The van der Waals surface area contributed by atoms with E-state index >= 15 is 0 Å². The Hall–Kier alpha value is -1.66. The summed E-state index contributed by atoms with van der Waals surface area (Å²) in [5, 5.41) is 6.60. The highest BCUT2D eigenvalue weighted by Gasteiger charge is 2.18. The van der Waals surface area contributed by atoms with Crippen LogP contribution in [0.5, 0.6) is 0 Å². The molecule has 1 saturated heterocycles. The van der Waals surface area contributed by atoms with Crippen molar-refractivity contribution in [1.29, 1.82) is 0 Å². The van der Waals surface area contributed by atoms with Crippen LogP contribution in [0.3, 0.4) is 0 Å². The van der Waals surface area contributed by atoms with Crippen LogP contribution in [0.25, 0.3) is 0 Å². The second-order valence-corrected chi connectivity index (χ2v) is 6.77. The van der Waals surface area contributed by atoms with Crippen LogP contribution in [0.15, 0.2) is 29.3 Å². The van der Waals surface area contributed by atoms with Gasteiger partial charge in [0, 0.05) is 33.3 Å². The van der Waals surface area contributed by atoms with Crippen LogP contribution in [-0.4, -0.2) is 63.8 Å². The molecule has 26 heavy (non-hydrogen) atoms. The van der Waals surface area contributed by atoms with Gasteiger partial charge in [0.2, 0.25) is 0 Å². The minimum Gasteiger partial charge on any atom is -0.383 e. The molecule has 0 bridgehead atoms. The van der Waals surface area contributed by atoms with Gasteiger partial charge in [0.05, 0.1) is 6.61 Å². The molecule has 0 radical (unpaired) electrons. The molecule has 0 atom stereocenters. The first-order valence-electron chi connectivity index (χ1n) is 9.69. The van der Waals surface area contributed by atoms with E-state index in [4.69, 9.17) is 9.73 Å². The highest BCUT2D eigenvalue weighted by atomic mass is 19.1. The number of rotatable bonds is 9. The zero-order valence-electron chi connectivity index (χ0n) is 16.1. The highest BCUT2D eigenvalue weighted by Crippen LogP contribution is 2.17. The maximum atomic E-state index is 13.7. The van der Waals surface area contributed by atoms with Crippen LogP contribution in [-0.2, 0) is 11.2 Å². The van der Waals surface area contributed by atoms with Crippen LogP contribution in [0, 0.1) is 11.7 Å². The molecule has 2 rings (SSSR count). The number of hydrogen-bond acceptors (Lipinski definition) is 3. The van der Waals surface area contributed by atoms with E-state index in [1.165, 1.54) is 18.9 Å². The van der Waals surface area contributed by atoms with Crippen LogP contribution in [0.1, 0.15) is 25.3 Å². The molecular formula is C20H33FN4O. The third-order valence-electron chi connectivity index (χ3n) is 4.82. The minimum atomic E-state index is -0.142. The van der Waals surface area contributed by atoms with Gasteiger partial charge in [-0.05, 0) is 56.8 Å². The second-order valence-electron chi connectivity index (χ2n) is 6.77. The summed E-state index contributed by atoms with van der Waals surface area (Å²) in [6.45, 7) is 8.46. The second kappa shape index (κ2) is 11.9. The SMILES string of the molecule is CCNC(=NCC1CCN(CCOC)CC1)NCCc1ccccc1F. The first-order valence-corrected chi connectivity index (χ1v) is 9.69. The van der Waals surface area contributed by atoms with Crippen LogP contribution in [0.2, 0.25) is 0 Å². The maximum Gasteiger partial charge on any atom is 0.191 e. The highest BCUT2D eigenvalue weighted by molar-refractivity contribution is 5.79. The Balaban J connectivity index is 1.73. The van der Waals surface area contributed by atoms with E-state index in [9.17, 15) is 4.39 Å². The van der Waals surface area contributed by atoms with Crippen molar-refractivity contribution in [1.82, 2.24) is 15.5 Å². The monoisotopic (exact) mass is 364 g/mol. The summed E-state index contributed by atoms with van der Waals surface area (Å²) in [4.78, 5) is 7.20. The summed E-state index contributed by atoms with van der Waals surface area (Å²) in [5.74, 6) is 1.32. The van der Waals surface area contributed by atoms with Crippen LogP contribution < -0.4 is 10.6 Å². The zero-order valence-corrected chi connectivity index (χ0v) is 16.1. The van der Waals surface area contributed by atoms with Crippen molar-refractivity contribution >= 4 is 5.96 Å². The van der Waals surface area contributed by atoms with Crippen LogP contribution in [0.4, 0.5) is 4.39 Å². The number of hydrogen-bond donors (Lipinski definition) is 2. The molecule has 0 saturated carbocycles. The van der Waals surface area contributed by atoms with Crippen molar-refractivity contribution in [3.63, 3.8) is 0 Å². The fraction of sp³-hybridized carbons (Fsp3) is 0.650. The molecule has 0 spiro atoms. The Bertz CT molecular complexity index is 544. The van der Waals surface area contributed by atoms with E-state index < -0.39 is 0 Å². The molecule has 1 aliphatic heterocycles. The summed E-state index contributed by atoms with van der Waals surface area (Å²) >= 11 is 0. The van der Waals surface area contributed by atoms with Gasteiger partial charge in [-0.2, -0.15) is 0 Å². The van der Waals surface area contributed by atoms with Crippen molar-refractivity contribution < 1.29 is 9.13 Å². The van der Waals surface area contributed by atoms with Gasteiger partial charge >= 0.3 is 0 Å². The van der Waals surface area contributed by atoms with E-state index in [1.54, 1.807) is 13.2 Å². The Labute approximate surface area is 157 Å². The standard InChI is InChI=1S/C20H33FN4O/c1-3-22-20(23-11-8-18-6-4-5-7-19(18)21)24-16-17-9-12-25(13-10-17)14-15-26-2/h4-7,17H,3,8-16H2,1-2H3,(H2,22,23,24). The molecule has 1 aromatic carbocycles. The third kappa shape index (κ3) is 7.30. The van der Waals surface area contributed by atoms with Crippen molar-refractivity contribution in [2.45, 2.75) is 26.2 Å². The van der Waals surface area contributed by atoms with E-state index in [2.05, 4.69) is 22.5 Å². The largest absolute Gasteiger partial charge is 0.383 e. The Morgan fingerprint density at radius 1 is 1.27 bits per heavy atom. The maximum absolute atomic E-state index is 13.7. The van der Waals surface area contributed by atoms with Gasteiger partial charge < -0.3 is 20.3 Å². The quantitative estimate of drug-likeness (QED) is 0.521. The van der Waals surface area contributed by atoms with Crippen molar-refractivity contribution in [2.24, 2.45) is 10.9 Å². The third-order valence-corrected chi connectivity index (χ3v) is 4.82. The van der Waals surface area contributed by atoms with Gasteiger partial charge in [-0.1, -0.05) is 18.2 Å². The summed E-state index contributed by atoms with van der Waals surface area (Å²) < 4.78 is 18.8. The lowest BCUT2D eigenvalue weighted by Crippen LogP contribution is -2.40. The van der Waals surface area contributed by atoms with E-state index in [0.717, 1.165) is 50.9 Å². The Morgan fingerprint density at radius 3 is 2.73 bits per heavy atom. The molecule has 1 aromatic rings. The summed E-state index contributed by atoms with van der Waals surface area (Å²) in [6.07, 6.45) is 3.01. The van der Waals surface area contributed by atoms with Crippen molar-refractivity contribution in [2.75, 3.05) is 53.0 Å².